The minimum Gasteiger partial charge on any atom is -0.387 e. The number of nitrogens with one attached hydrogen (secondary N) is 1. The topological polar surface area (TPSA) is 213 Å². The van der Waals surface area contributed by atoms with Gasteiger partial charge in [0.15, 0.2) is 29.1 Å². The van der Waals surface area contributed by atoms with Crippen molar-refractivity contribution < 1.29 is 43.3 Å². The fraction of sp³-hybridized carbons (Fsp3) is 0.722. The van der Waals surface area contributed by atoms with E-state index >= 15 is 0 Å². The second-order valence-electron chi connectivity index (χ2n) is 9.81. The van der Waals surface area contributed by atoms with Crippen LogP contribution in [0.1, 0.15) is 19.1 Å². The number of halogens is 1. The molecule has 0 bridgehead atoms. The molecule has 2 aromatic heterocycles. The maximum Gasteiger partial charge on any atom is 0.340 e. The molecule has 198 valence electrons. The average Bonchev–Trinajstić information content (AvgIpc) is 3.25. The van der Waals surface area contributed by atoms with E-state index in [-0.39, 0.29) is 17.0 Å². The van der Waals surface area contributed by atoms with Crippen LogP contribution in [0.3, 0.4) is 0 Å². The maximum atomic E-state index is 11.9. The van der Waals surface area contributed by atoms with Gasteiger partial charge in [0, 0.05) is 30.6 Å². The summed E-state index contributed by atoms with van der Waals surface area (Å²) in [4.78, 5) is 42.9. The lowest BCUT2D eigenvalue weighted by atomic mass is 10.0. The Kier molecular flexibility index (Phi) is 5.84. The van der Waals surface area contributed by atoms with E-state index in [1.807, 2.05) is 0 Å². The van der Waals surface area contributed by atoms with Crippen molar-refractivity contribution in [1.29, 1.82) is 0 Å². The Morgan fingerprint density at radius 3 is 2.64 bits per heavy atom. The number of hydrogen-bond donors (Lipinski definition) is 6. The number of nitrogens with zero attached hydrogens (tertiary/aromatic N) is 5. The fourth-order valence-electron chi connectivity index (χ4n) is 5.74. The number of aromatic nitrogens is 4. The first-order chi connectivity index (χ1) is 16.9. The molecule has 5 heterocycles. The molecule has 4 fully saturated rings. The van der Waals surface area contributed by atoms with Crippen LogP contribution in [-0.2, 0) is 18.4 Å². The van der Waals surface area contributed by atoms with Crippen LogP contribution in [0, 0.1) is 5.92 Å². The number of fused-ring (bicyclic) bond motifs is 1. The average molecular weight is 567 g/mol. The Morgan fingerprint density at radius 1 is 1.25 bits per heavy atom. The van der Waals surface area contributed by atoms with Crippen molar-refractivity contribution in [3.63, 3.8) is 0 Å². The highest BCUT2D eigenvalue weighted by Crippen LogP contribution is 2.63. The van der Waals surface area contributed by atoms with Crippen molar-refractivity contribution in [1.82, 2.24) is 24.4 Å². The van der Waals surface area contributed by atoms with E-state index in [9.17, 15) is 24.2 Å². The summed E-state index contributed by atoms with van der Waals surface area (Å²) < 4.78 is 34.8. The number of hydrogen-bond acceptors (Lipinski definition) is 11. The number of piperidine rings is 1. The molecule has 4 aliphatic rings. The third-order valence-corrected chi connectivity index (χ3v) is 11.2. The number of aliphatic hydroxyl groups is 2. The second-order valence-corrected chi connectivity index (χ2v) is 14.1. The van der Waals surface area contributed by atoms with E-state index in [2.05, 4.69) is 25.2 Å². The summed E-state index contributed by atoms with van der Waals surface area (Å²) in [5, 5.41) is 24.4. The van der Waals surface area contributed by atoms with Crippen molar-refractivity contribution >= 4 is 43.8 Å². The summed E-state index contributed by atoms with van der Waals surface area (Å²) in [5.74, 6) is -0.390. The summed E-state index contributed by atoms with van der Waals surface area (Å²) in [6, 6.07) is 0.200. The van der Waals surface area contributed by atoms with Crippen LogP contribution in [0.4, 0.5) is 5.82 Å². The molecule has 3 saturated heterocycles. The summed E-state index contributed by atoms with van der Waals surface area (Å²) in [7, 11) is -9.49. The van der Waals surface area contributed by atoms with Crippen molar-refractivity contribution in [3.8, 4) is 0 Å². The Hall–Kier alpha value is -1.22. The standard InChI is InChI=1S/C18H25ClN6O9P2/c19-17-22-14(21-9-4-24-2-1-18(24)3-8(9)18)11-15(23-17)25(6-20-11)16-13(27)12(26)10(34-16)5-33-36(31,32)7-35(28,29)30/h6,8-10,12-13,16,26-27H,1-5,7H2,(H,31,32)(H,21,22,23)(H2,28,29,30)/t8-,9?,10+,12?,13?,16+,18?/m0/s1. The van der Waals surface area contributed by atoms with Gasteiger partial charge in [-0.25, -0.2) is 4.98 Å². The highest BCUT2D eigenvalue weighted by atomic mass is 35.5. The summed E-state index contributed by atoms with van der Waals surface area (Å²) in [6.07, 6.45) is -1.78. The van der Waals surface area contributed by atoms with Crippen LogP contribution in [-0.4, -0.2) is 105 Å². The predicted octanol–water partition coefficient (Wildman–Crippen LogP) is -0.305. The monoisotopic (exact) mass is 566 g/mol. The molecule has 0 amide bonds. The van der Waals surface area contributed by atoms with Crippen molar-refractivity contribution in [2.75, 3.05) is 30.9 Å². The molecule has 0 aromatic carbocycles. The normalized spacial score (nSPS) is 37.4. The van der Waals surface area contributed by atoms with Crippen LogP contribution in [0.15, 0.2) is 6.33 Å². The lowest BCUT2D eigenvalue weighted by molar-refractivity contribution is -0.0483. The predicted molar refractivity (Wildman–Crippen MR) is 123 cm³/mol. The van der Waals surface area contributed by atoms with E-state index in [1.54, 1.807) is 0 Å². The van der Waals surface area contributed by atoms with Crippen molar-refractivity contribution in [3.05, 3.63) is 11.6 Å². The lowest BCUT2D eigenvalue weighted by Gasteiger charge is -2.38. The van der Waals surface area contributed by atoms with Gasteiger partial charge in [-0.15, -0.1) is 0 Å². The molecule has 2 aromatic rings. The van der Waals surface area contributed by atoms with Gasteiger partial charge in [-0.1, -0.05) is 0 Å². The molecular weight excluding hydrogens is 542 g/mol. The van der Waals surface area contributed by atoms with Gasteiger partial charge in [-0.3, -0.25) is 18.6 Å². The molecule has 6 rings (SSSR count). The van der Waals surface area contributed by atoms with Crippen LogP contribution >= 0.6 is 26.8 Å². The smallest absolute Gasteiger partial charge is 0.340 e. The number of aliphatic hydroxyl groups excluding tert-OH is 2. The SMILES string of the molecule is O=P(O)(O)CP(=O)(O)OC[C@H]1O[C@@H](n2cnc3c(NC4CN5CCC56C[C@@H]46)nc(Cl)nc32)C(O)C1O. The van der Waals surface area contributed by atoms with E-state index < -0.39 is 52.2 Å². The summed E-state index contributed by atoms with van der Waals surface area (Å²) in [6.45, 7) is 1.31. The zero-order valence-electron chi connectivity index (χ0n) is 18.7. The van der Waals surface area contributed by atoms with Gasteiger partial charge in [-0.05, 0) is 24.4 Å². The Bertz CT molecular complexity index is 1310. The maximum absolute atomic E-state index is 11.9. The van der Waals surface area contributed by atoms with Crippen LogP contribution in [0.5, 0.6) is 0 Å². The molecule has 8 atom stereocenters. The van der Waals surface area contributed by atoms with Crippen LogP contribution in [0.25, 0.3) is 11.2 Å². The molecule has 0 radical (unpaired) electrons. The largest absolute Gasteiger partial charge is 0.387 e. The van der Waals surface area contributed by atoms with Crippen molar-refractivity contribution in [2.45, 2.75) is 49.0 Å². The molecular formula is C18H25ClN6O9P2. The van der Waals surface area contributed by atoms with E-state index in [0.717, 1.165) is 19.5 Å². The number of rotatable bonds is 8. The van der Waals surface area contributed by atoms with Gasteiger partial charge in [-0.2, -0.15) is 9.97 Å². The molecule has 3 aliphatic heterocycles. The first kappa shape index (κ1) is 25.1. The minimum atomic E-state index is -4.82. The van der Waals surface area contributed by atoms with Gasteiger partial charge in [0.2, 0.25) is 5.28 Å². The lowest BCUT2D eigenvalue weighted by Crippen LogP contribution is -2.48. The van der Waals surface area contributed by atoms with Gasteiger partial charge in [0.05, 0.1) is 12.9 Å². The molecule has 6 N–H and O–H groups in total. The second kappa shape index (κ2) is 8.39. The zero-order valence-corrected chi connectivity index (χ0v) is 21.2. The summed E-state index contributed by atoms with van der Waals surface area (Å²) >= 11 is 6.20. The summed E-state index contributed by atoms with van der Waals surface area (Å²) in [5.41, 5.74) is 0.984. The molecule has 15 nitrogen and oxygen atoms in total. The molecule has 1 saturated carbocycles. The fourth-order valence-corrected chi connectivity index (χ4v) is 8.48. The highest BCUT2D eigenvalue weighted by molar-refractivity contribution is 7.70. The Morgan fingerprint density at radius 2 is 2.03 bits per heavy atom. The molecule has 1 spiro atoms. The van der Waals surface area contributed by atoms with Gasteiger partial charge in [0.1, 0.15) is 18.3 Å². The molecule has 36 heavy (non-hydrogen) atoms. The number of ether oxygens (including phenoxy) is 1. The highest BCUT2D eigenvalue weighted by Gasteiger charge is 2.70. The first-order valence-corrected chi connectivity index (χ1v) is 15.2. The van der Waals surface area contributed by atoms with E-state index in [0.29, 0.717) is 22.8 Å². The first-order valence-electron chi connectivity index (χ1n) is 11.3. The van der Waals surface area contributed by atoms with Gasteiger partial charge < -0.3 is 39.5 Å². The van der Waals surface area contributed by atoms with Crippen molar-refractivity contribution in [2.24, 2.45) is 5.92 Å². The van der Waals surface area contributed by atoms with E-state index in [4.69, 9.17) is 30.6 Å². The zero-order chi connectivity index (χ0) is 25.6. The van der Waals surface area contributed by atoms with Gasteiger partial charge in [0.25, 0.3) is 0 Å². The Labute approximate surface area is 209 Å². The minimum absolute atomic E-state index is 0.0508. The third kappa shape index (κ3) is 4.20. The van der Waals surface area contributed by atoms with Crippen LogP contribution in [0.2, 0.25) is 5.28 Å². The third-order valence-electron chi connectivity index (χ3n) is 7.58. The van der Waals surface area contributed by atoms with E-state index in [1.165, 1.54) is 17.3 Å². The molecule has 1 aliphatic carbocycles. The van der Waals surface area contributed by atoms with Crippen LogP contribution < -0.4 is 5.32 Å². The number of imidazole rings is 1. The quantitative estimate of drug-likeness (QED) is 0.179. The number of anilines is 1. The molecule has 5 unspecified atom stereocenters. The van der Waals surface area contributed by atoms with Gasteiger partial charge >= 0.3 is 15.2 Å². The molecule has 18 heteroatoms. The Balaban J connectivity index is 1.20.